The molecule has 6 nitrogen and oxygen atoms in total. The second-order valence-corrected chi connectivity index (χ2v) is 7.32. The van der Waals surface area contributed by atoms with E-state index in [1.165, 1.54) is 5.56 Å². The molecule has 3 rings (SSSR count). The summed E-state index contributed by atoms with van der Waals surface area (Å²) in [4.78, 5) is 21.1. The molecule has 0 bridgehead atoms. The predicted molar refractivity (Wildman–Crippen MR) is 101 cm³/mol. The van der Waals surface area contributed by atoms with Crippen LogP contribution in [0.1, 0.15) is 47.8 Å². The summed E-state index contributed by atoms with van der Waals surface area (Å²) in [5.41, 5.74) is 3.23. The average molecular weight is 356 g/mol. The molecular formula is C20H28N4O2. The van der Waals surface area contributed by atoms with E-state index >= 15 is 0 Å². The number of aryl methyl sites for hydroxylation is 2. The lowest BCUT2D eigenvalue weighted by molar-refractivity contribution is -0.132. The Balaban J connectivity index is 1.62. The number of piperidine rings is 1. The van der Waals surface area contributed by atoms with Gasteiger partial charge in [0.1, 0.15) is 11.6 Å². The third-order valence-electron chi connectivity index (χ3n) is 5.24. The van der Waals surface area contributed by atoms with Gasteiger partial charge in [-0.15, -0.1) is 0 Å². The molecule has 0 aromatic carbocycles. The zero-order valence-electron chi connectivity index (χ0n) is 16.2. The normalized spacial score (nSPS) is 17.4. The zero-order chi connectivity index (χ0) is 18.7. The lowest BCUT2D eigenvalue weighted by atomic mass is 9.91. The van der Waals surface area contributed by atoms with Gasteiger partial charge >= 0.3 is 0 Å². The van der Waals surface area contributed by atoms with Crippen molar-refractivity contribution in [1.82, 2.24) is 15.0 Å². The van der Waals surface area contributed by atoms with Crippen molar-refractivity contribution in [1.29, 1.82) is 0 Å². The predicted octanol–water partition coefficient (Wildman–Crippen LogP) is 3.09. The number of hydrogen-bond acceptors (Lipinski definition) is 5. The van der Waals surface area contributed by atoms with E-state index in [-0.39, 0.29) is 5.91 Å². The van der Waals surface area contributed by atoms with Crippen LogP contribution in [0.15, 0.2) is 22.9 Å². The third kappa shape index (κ3) is 4.06. The van der Waals surface area contributed by atoms with Crippen LogP contribution in [-0.4, -0.2) is 48.1 Å². The average Bonchev–Trinajstić information content (AvgIpc) is 2.97. The standard InChI is InChI=1S/C20H28N4O2/c1-14-18(15(2)26-22-14)7-8-20(25)24-11-5-6-17(13-24)16-9-10-21-19(12-16)23(3)4/h9-10,12,17H,5-8,11,13H2,1-4H3/t17-/m1/s1. The molecule has 26 heavy (non-hydrogen) atoms. The van der Waals surface area contributed by atoms with E-state index in [0.717, 1.165) is 48.8 Å². The smallest absolute Gasteiger partial charge is 0.222 e. The second kappa shape index (κ2) is 7.89. The Morgan fingerprint density at radius 1 is 1.38 bits per heavy atom. The lowest BCUT2D eigenvalue weighted by Crippen LogP contribution is -2.39. The van der Waals surface area contributed by atoms with Gasteiger partial charge in [0.15, 0.2) is 0 Å². The largest absolute Gasteiger partial charge is 0.363 e. The summed E-state index contributed by atoms with van der Waals surface area (Å²) in [5, 5.41) is 3.97. The maximum atomic E-state index is 12.7. The van der Waals surface area contributed by atoms with Crippen LogP contribution in [0.3, 0.4) is 0 Å². The van der Waals surface area contributed by atoms with E-state index in [0.29, 0.717) is 18.8 Å². The number of rotatable bonds is 5. The van der Waals surface area contributed by atoms with Crippen LogP contribution in [0.5, 0.6) is 0 Å². The van der Waals surface area contributed by atoms with Gasteiger partial charge in [-0.1, -0.05) is 5.16 Å². The van der Waals surface area contributed by atoms with Crippen molar-refractivity contribution in [3.63, 3.8) is 0 Å². The summed E-state index contributed by atoms with van der Waals surface area (Å²) in [6, 6.07) is 4.22. The van der Waals surface area contributed by atoms with Crippen molar-refractivity contribution in [3.8, 4) is 0 Å². The number of likely N-dealkylation sites (tertiary alicyclic amines) is 1. The van der Waals surface area contributed by atoms with Gasteiger partial charge in [0.05, 0.1) is 5.69 Å². The van der Waals surface area contributed by atoms with Gasteiger partial charge in [-0.25, -0.2) is 4.98 Å². The Hall–Kier alpha value is -2.37. The van der Waals surface area contributed by atoms with Gasteiger partial charge in [-0.3, -0.25) is 4.79 Å². The highest BCUT2D eigenvalue weighted by molar-refractivity contribution is 5.76. The molecule has 1 aliphatic heterocycles. The van der Waals surface area contributed by atoms with Crippen LogP contribution in [-0.2, 0) is 11.2 Å². The van der Waals surface area contributed by atoms with Gasteiger partial charge in [0, 0.05) is 51.3 Å². The maximum absolute atomic E-state index is 12.7. The fraction of sp³-hybridized carbons (Fsp3) is 0.550. The minimum atomic E-state index is 0.219. The highest BCUT2D eigenvalue weighted by atomic mass is 16.5. The monoisotopic (exact) mass is 356 g/mol. The molecule has 0 N–H and O–H groups in total. The maximum Gasteiger partial charge on any atom is 0.222 e. The molecule has 1 aliphatic rings. The van der Waals surface area contributed by atoms with Crippen LogP contribution in [0.2, 0.25) is 0 Å². The van der Waals surface area contributed by atoms with Crippen molar-refractivity contribution < 1.29 is 9.32 Å². The first-order valence-corrected chi connectivity index (χ1v) is 9.28. The summed E-state index contributed by atoms with van der Waals surface area (Å²) in [7, 11) is 4.00. The van der Waals surface area contributed by atoms with Crippen LogP contribution in [0.25, 0.3) is 0 Å². The molecule has 140 valence electrons. The molecule has 0 saturated carbocycles. The van der Waals surface area contributed by atoms with Crippen molar-refractivity contribution in [2.75, 3.05) is 32.1 Å². The van der Waals surface area contributed by atoms with Crippen LogP contribution in [0, 0.1) is 13.8 Å². The summed E-state index contributed by atoms with van der Waals surface area (Å²) in [6.45, 7) is 5.47. The van der Waals surface area contributed by atoms with E-state index in [4.69, 9.17) is 4.52 Å². The summed E-state index contributed by atoms with van der Waals surface area (Å²) in [5.74, 6) is 2.38. The first kappa shape index (κ1) is 18.4. The van der Waals surface area contributed by atoms with Gasteiger partial charge in [-0.2, -0.15) is 0 Å². The molecule has 2 aromatic rings. The first-order chi connectivity index (χ1) is 12.5. The number of nitrogens with zero attached hydrogens (tertiary/aromatic N) is 4. The Bertz CT molecular complexity index is 749. The van der Waals surface area contributed by atoms with Gasteiger partial charge in [0.2, 0.25) is 5.91 Å². The van der Waals surface area contributed by atoms with Crippen molar-refractivity contribution >= 4 is 11.7 Å². The Labute approximate surface area is 155 Å². The van der Waals surface area contributed by atoms with Crippen LogP contribution >= 0.6 is 0 Å². The fourth-order valence-electron chi connectivity index (χ4n) is 3.66. The topological polar surface area (TPSA) is 62.5 Å². The number of pyridine rings is 1. The molecule has 1 atom stereocenters. The highest BCUT2D eigenvalue weighted by Gasteiger charge is 2.25. The molecule has 1 amide bonds. The SMILES string of the molecule is Cc1noc(C)c1CCC(=O)N1CCC[C@@H](c2ccnc(N(C)C)c2)C1. The zero-order valence-corrected chi connectivity index (χ0v) is 16.2. The molecular weight excluding hydrogens is 328 g/mol. The number of carbonyl (C=O) groups is 1. The van der Waals surface area contributed by atoms with Crippen molar-refractivity contribution in [2.24, 2.45) is 0 Å². The first-order valence-electron chi connectivity index (χ1n) is 9.28. The minimum absolute atomic E-state index is 0.219. The Kier molecular flexibility index (Phi) is 5.59. The number of hydrogen-bond donors (Lipinski definition) is 0. The number of carbonyl (C=O) groups excluding carboxylic acids is 1. The summed E-state index contributed by atoms with van der Waals surface area (Å²) >= 11 is 0. The molecule has 0 spiro atoms. The number of anilines is 1. The van der Waals surface area contributed by atoms with Crippen LogP contribution in [0.4, 0.5) is 5.82 Å². The Morgan fingerprint density at radius 2 is 2.19 bits per heavy atom. The van der Waals surface area contributed by atoms with Crippen LogP contribution < -0.4 is 4.90 Å². The number of aromatic nitrogens is 2. The fourth-order valence-corrected chi connectivity index (χ4v) is 3.66. The number of amides is 1. The molecule has 0 radical (unpaired) electrons. The molecule has 2 aromatic heterocycles. The van der Waals surface area contributed by atoms with E-state index in [1.54, 1.807) is 0 Å². The molecule has 0 unspecified atom stereocenters. The minimum Gasteiger partial charge on any atom is -0.363 e. The van der Waals surface area contributed by atoms with Gasteiger partial charge in [0.25, 0.3) is 0 Å². The summed E-state index contributed by atoms with van der Waals surface area (Å²) < 4.78 is 5.19. The second-order valence-electron chi connectivity index (χ2n) is 7.32. The van der Waals surface area contributed by atoms with Crippen molar-refractivity contribution in [3.05, 3.63) is 40.9 Å². The molecule has 0 aliphatic carbocycles. The van der Waals surface area contributed by atoms with E-state index in [2.05, 4.69) is 22.3 Å². The summed E-state index contributed by atoms with van der Waals surface area (Å²) in [6.07, 6.45) is 5.23. The highest BCUT2D eigenvalue weighted by Crippen LogP contribution is 2.29. The van der Waals surface area contributed by atoms with Gasteiger partial charge in [-0.05, 0) is 50.8 Å². The quantitative estimate of drug-likeness (QED) is 0.824. The molecule has 1 saturated heterocycles. The van der Waals surface area contributed by atoms with E-state index < -0.39 is 0 Å². The third-order valence-corrected chi connectivity index (χ3v) is 5.24. The lowest BCUT2D eigenvalue weighted by Gasteiger charge is -2.33. The van der Waals surface area contributed by atoms with E-state index in [1.807, 2.05) is 43.9 Å². The van der Waals surface area contributed by atoms with E-state index in [9.17, 15) is 4.79 Å². The molecule has 6 heteroatoms. The molecule has 1 fully saturated rings. The van der Waals surface area contributed by atoms with Gasteiger partial charge < -0.3 is 14.3 Å². The van der Waals surface area contributed by atoms with Crippen molar-refractivity contribution in [2.45, 2.75) is 45.4 Å². The molecule has 3 heterocycles. The Morgan fingerprint density at radius 3 is 2.88 bits per heavy atom.